The summed E-state index contributed by atoms with van der Waals surface area (Å²) < 4.78 is 0.990. The number of piperazine rings is 1. The third kappa shape index (κ3) is 4.16. The first-order valence-electron chi connectivity index (χ1n) is 8.36. The minimum atomic E-state index is -0.571. The Morgan fingerprint density at radius 3 is 2.92 bits per heavy atom. The summed E-state index contributed by atoms with van der Waals surface area (Å²) in [5.41, 5.74) is 12.9. The minimum absolute atomic E-state index is 0.0184. The van der Waals surface area contributed by atoms with Crippen LogP contribution in [0.1, 0.15) is 24.3 Å². The van der Waals surface area contributed by atoms with Gasteiger partial charge in [0.15, 0.2) is 5.96 Å². The second-order valence-corrected chi connectivity index (χ2v) is 7.18. The van der Waals surface area contributed by atoms with Gasteiger partial charge in [0.05, 0.1) is 0 Å². The Morgan fingerprint density at radius 2 is 2.15 bits per heavy atom. The lowest BCUT2D eigenvalue weighted by Crippen LogP contribution is -2.54. The number of nitrogens with two attached hydrogens (primary N) is 2. The smallest absolute Gasteiger partial charge is 0.268 e. The fourth-order valence-electron chi connectivity index (χ4n) is 3.09. The standard InChI is InChI=1S/C17H21BrN6O2/c18-10-3-4-11-9(8-22-13(11)7-10)6-14-16(26)23-12(15(25)24-14)2-1-5-21-17(19)20/h3-4,6-7,9,12,22H,1-2,5,8H2,(H,23,26)(H,24,25)(H4,19,20,21)/b14-6-. The van der Waals surface area contributed by atoms with E-state index >= 15 is 0 Å². The number of aliphatic imine (C=N–C) groups is 1. The summed E-state index contributed by atoms with van der Waals surface area (Å²) >= 11 is 3.44. The largest absolute Gasteiger partial charge is 0.384 e. The average molecular weight is 421 g/mol. The highest BCUT2D eigenvalue weighted by Crippen LogP contribution is 2.34. The van der Waals surface area contributed by atoms with Crippen molar-refractivity contribution >= 4 is 39.4 Å². The Morgan fingerprint density at radius 1 is 1.35 bits per heavy atom. The third-order valence-corrected chi connectivity index (χ3v) is 4.86. The van der Waals surface area contributed by atoms with E-state index < -0.39 is 6.04 Å². The summed E-state index contributed by atoms with van der Waals surface area (Å²) in [6.45, 7) is 1.10. The van der Waals surface area contributed by atoms with Gasteiger partial charge in [0, 0.05) is 29.2 Å². The van der Waals surface area contributed by atoms with Crippen LogP contribution in [0.3, 0.4) is 0 Å². The first kappa shape index (κ1) is 18.2. The Bertz CT molecular complexity index is 787. The van der Waals surface area contributed by atoms with Gasteiger partial charge in [-0.25, -0.2) is 0 Å². The molecule has 0 radical (unpaired) electrons. The Labute approximate surface area is 159 Å². The molecule has 0 aromatic heterocycles. The summed E-state index contributed by atoms with van der Waals surface area (Å²) in [6, 6.07) is 5.40. The molecular weight excluding hydrogens is 400 g/mol. The average Bonchev–Trinajstić information content (AvgIpc) is 2.97. The van der Waals surface area contributed by atoms with E-state index in [9.17, 15) is 9.59 Å². The predicted octanol–water partition coefficient (Wildman–Crippen LogP) is 0.510. The molecule has 138 valence electrons. The number of rotatable bonds is 5. The monoisotopic (exact) mass is 420 g/mol. The number of amides is 2. The van der Waals surface area contributed by atoms with Crippen molar-refractivity contribution in [2.24, 2.45) is 16.5 Å². The molecule has 8 nitrogen and oxygen atoms in total. The zero-order valence-electron chi connectivity index (χ0n) is 14.1. The molecule has 3 rings (SSSR count). The van der Waals surface area contributed by atoms with E-state index in [-0.39, 0.29) is 29.4 Å². The molecule has 26 heavy (non-hydrogen) atoms. The fraction of sp³-hybridized carbons (Fsp3) is 0.353. The number of guanidine groups is 1. The van der Waals surface area contributed by atoms with Gasteiger partial charge in [-0.05, 0) is 36.6 Å². The Kier molecular flexibility index (Phi) is 5.46. The fourth-order valence-corrected chi connectivity index (χ4v) is 3.45. The van der Waals surface area contributed by atoms with Gasteiger partial charge in [-0.3, -0.25) is 14.6 Å². The van der Waals surface area contributed by atoms with E-state index in [4.69, 9.17) is 11.5 Å². The first-order chi connectivity index (χ1) is 12.4. The molecule has 2 unspecified atom stereocenters. The van der Waals surface area contributed by atoms with Gasteiger partial charge >= 0.3 is 0 Å². The summed E-state index contributed by atoms with van der Waals surface area (Å²) in [7, 11) is 0. The number of hydrogen-bond donors (Lipinski definition) is 5. The van der Waals surface area contributed by atoms with Gasteiger partial charge in [0.2, 0.25) is 5.91 Å². The van der Waals surface area contributed by atoms with Crippen LogP contribution in [0.4, 0.5) is 5.69 Å². The van der Waals surface area contributed by atoms with Gasteiger partial charge in [0.25, 0.3) is 5.91 Å². The third-order valence-electron chi connectivity index (χ3n) is 4.36. The van der Waals surface area contributed by atoms with E-state index in [1.807, 2.05) is 18.2 Å². The van der Waals surface area contributed by atoms with E-state index in [0.29, 0.717) is 25.9 Å². The van der Waals surface area contributed by atoms with Crippen LogP contribution < -0.4 is 27.4 Å². The second kappa shape index (κ2) is 7.77. The number of fused-ring (bicyclic) bond motifs is 1. The molecule has 0 bridgehead atoms. The molecule has 9 heteroatoms. The van der Waals surface area contributed by atoms with Crippen molar-refractivity contribution in [2.75, 3.05) is 18.4 Å². The number of halogens is 1. The summed E-state index contributed by atoms with van der Waals surface area (Å²) in [5.74, 6) is -0.452. The summed E-state index contributed by atoms with van der Waals surface area (Å²) in [5, 5.41) is 8.78. The van der Waals surface area contributed by atoms with Gasteiger partial charge in [-0.2, -0.15) is 0 Å². The molecule has 1 aromatic rings. The number of carbonyl (C=O) groups is 2. The quantitative estimate of drug-likeness (QED) is 0.204. The summed E-state index contributed by atoms with van der Waals surface area (Å²) in [4.78, 5) is 28.5. The van der Waals surface area contributed by atoms with Crippen molar-refractivity contribution in [3.05, 3.63) is 40.0 Å². The number of benzene rings is 1. The lowest BCUT2D eigenvalue weighted by Gasteiger charge is -2.25. The topological polar surface area (TPSA) is 135 Å². The van der Waals surface area contributed by atoms with Crippen LogP contribution in [-0.4, -0.2) is 36.9 Å². The summed E-state index contributed by atoms with van der Waals surface area (Å²) in [6.07, 6.45) is 2.88. The van der Waals surface area contributed by atoms with Crippen LogP contribution >= 0.6 is 15.9 Å². The van der Waals surface area contributed by atoms with E-state index in [1.54, 1.807) is 6.08 Å². The molecule has 7 N–H and O–H groups in total. The van der Waals surface area contributed by atoms with Crippen molar-refractivity contribution in [2.45, 2.75) is 24.8 Å². The molecule has 2 aliphatic heterocycles. The molecular formula is C17H21BrN6O2. The van der Waals surface area contributed by atoms with Crippen LogP contribution in [0.2, 0.25) is 0 Å². The van der Waals surface area contributed by atoms with Crippen molar-refractivity contribution in [1.29, 1.82) is 0 Å². The molecule has 2 atom stereocenters. The highest BCUT2D eigenvalue weighted by molar-refractivity contribution is 9.10. The van der Waals surface area contributed by atoms with Gasteiger partial charge in [0.1, 0.15) is 11.7 Å². The number of nitrogens with one attached hydrogen (secondary N) is 3. The van der Waals surface area contributed by atoms with E-state index in [1.165, 1.54) is 0 Å². The molecule has 2 aliphatic rings. The first-order valence-corrected chi connectivity index (χ1v) is 9.15. The lowest BCUT2D eigenvalue weighted by atomic mass is 9.99. The molecule has 1 aromatic carbocycles. The predicted molar refractivity (Wildman–Crippen MR) is 103 cm³/mol. The number of carbonyl (C=O) groups excluding carboxylic acids is 2. The minimum Gasteiger partial charge on any atom is -0.384 e. The van der Waals surface area contributed by atoms with Crippen molar-refractivity contribution in [3.63, 3.8) is 0 Å². The molecule has 0 spiro atoms. The molecule has 2 amide bonds. The van der Waals surface area contributed by atoms with Gasteiger partial charge < -0.3 is 27.4 Å². The lowest BCUT2D eigenvalue weighted by molar-refractivity contribution is -0.131. The van der Waals surface area contributed by atoms with Gasteiger partial charge in [-0.15, -0.1) is 0 Å². The number of hydrogen-bond acceptors (Lipinski definition) is 4. The second-order valence-electron chi connectivity index (χ2n) is 6.26. The molecule has 1 fully saturated rings. The van der Waals surface area contributed by atoms with Crippen LogP contribution in [0.15, 0.2) is 39.4 Å². The maximum Gasteiger partial charge on any atom is 0.268 e. The normalized spacial score (nSPS) is 23.0. The van der Waals surface area contributed by atoms with Crippen LogP contribution in [-0.2, 0) is 9.59 Å². The molecule has 0 aliphatic carbocycles. The Balaban J connectivity index is 1.63. The van der Waals surface area contributed by atoms with E-state index in [0.717, 1.165) is 15.7 Å². The van der Waals surface area contributed by atoms with Crippen molar-refractivity contribution in [3.8, 4) is 0 Å². The number of nitrogens with zero attached hydrogens (tertiary/aromatic N) is 1. The van der Waals surface area contributed by atoms with Gasteiger partial charge in [-0.1, -0.05) is 22.0 Å². The highest BCUT2D eigenvalue weighted by atomic mass is 79.9. The highest BCUT2D eigenvalue weighted by Gasteiger charge is 2.31. The molecule has 1 saturated heterocycles. The maximum atomic E-state index is 12.4. The van der Waals surface area contributed by atoms with Crippen molar-refractivity contribution < 1.29 is 9.59 Å². The van der Waals surface area contributed by atoms with Crippen molar-refractivity contribution in [1.82, 2.24) is 10.6 Å². The van der Waals surface area contributed by atoms with Crippen LogP contribution in [0, 0.1) is 0 Å². The number of anilines is 1. The zero-order valence-corrected chi connectivity index (χ0v) is 15.7. The van der Waals surface area contributed by atoms with Crippen LogP contribution in [0.25, 0.3) is 0 Å². The van der Waals surface area contributed by atoms with Crippen LogP contribution in [0.5, 0.6) is 0 Å². The van der Waals surface area contributed by atoms with E-state index in [2.05, 4.69) is 36.9 Å². The SMILES string of the molecule is NC(N)=NCCCC1NC(=O)/C(=C/C2CNc3cc(Br)ccc32)NC1=O. The molecule has 0 saturated carbocycles. The Hall–Kier alpha value is -2.55. The maximum absolute atomic E-state index is 12.4. The molecule has 2 heterocycles. The zero-order chi connectivity index (χ0) is 18.7.